The van der Waals surface area contributed by atoms with Crippen LogP contribution in [0.15, 0.2) is 71.6 Å². The predicted octanol–water partition coefficient (Wildman–Crippen LogP) is 4.42. The number of fused-ring (bicyclic) bond motifs is 1. The summed E-state index contributed by atoms with van der Waals surface area (Å²) in [5, 5.41) is 22.1. The molecule has 3 rings (SSSR count). The van der Waals surface area contributed by atoms with E-state index in [2.05, 4.69) is 30.3 Å². The molecule has 3 aromatic carbocycles. The van der Waals surface area contributed by atoms with Gasteiger partial charge >= 0.3 is 0 Å². The lowest BCUT2D eigenvalue weighted by molar-refractivity contribution is 0.189. The van der Waals surface area contributed by atoms with Gasteiger partial charge < -0.3 is 10.2 Å². The van der Waals surface area contributed by atoms with Crippen LogP contribution in [0.25, 0.3) is 10.8 Å². The zero-order valence-corrected chi connectivity index (χ0v) is 14.4. The molecule has 0 heterocycles. The van der Waals surface area contributed by atoms with Crippen LogP contribution in [0.3, 0.4) is 0 Å². The monoisotopic (exact) mass is 338 g/mol. The highest BCUT2D eigenvalue weighted by Crippen LogP contribution is 2.25. The summed E-state index contributed by atoms with van der Waals surface area (Å²) in [6, 6.07) is 22.6. The highest BCUT2D eigenvalue weighted by Gasteiger charge is 2.08. The molecule has 1 atom stereocenters. The van der Waals surface area contributed by atoms with Crippen LogP contribution in [-0.2, 0) is 13.0 Å². The highest BCUT2D eigenvalue weighted by atomic mass is 32.2. The van der Waals surface area contributed by atoms with Crippen LogP contribution in [0.1, 0.15) is 17.5 Å². The number of rotatable bonds is 7. The lowest BCUT2D eigenvalue weighted by Crippen LogP contribution is -2.11. The largest absolute Gasteiger partial charge is 0.392 e. The van der Waals surface area contributed by atoms with Crippen molar-refractivity contribution in [2.45, 2.75) is 30.4 Å². The van der Waals surface area contributed by atoms with Crippen molar-refractivity contribution in [3.63, 3.8) is 0 Å². The molecule has 0 fully saturated rings. The van der Waals surface area contributed by atoms with E-state index < -0.39 is 0 Å². The molecule has 124 valence electrons. The lowest BCUT2D eigenvalue weighted by Gasteiger charge is -2.12. The number of benzene rings is 3. The molecule has 24 heavy (non-hydrogen) atoms. The Balaban J connectivity index is 1.54. The standard InChI is InChI=1S/C21H22O2S/c22-14-19-8-4-2-6-17(19)9-11-20(23)15-24-21-12-10-16-5-1-3-7-18(16)13-21/h1-8,10,12-13,20,22-23H,9,11,14-15H2. The van der Waals surface area contributed by atoms with Gasteiger partial charge in [0.2, 0.25) is 0 Å². The Labute approximate surface area is 147 Å². The summed E-state index contributed by atoms with van der Waals surface area (Å²) in [5.41, 5.74) is 2.07. The molecule has 3 heteroatoms. The molecule has 0 aliphatic rings. The first-order valence-corrected chi connectivity index (χ1v) is 9.22. The number of aryl methyl sites for hydroxylation is 1. The molecule has 0 spiro atoms. The lowest BCUT2D eigenvalue weighted by atomic mass is 10.0. The molecule has 1 unspecified atom stereocenters. The van der Waals surface area contributed by atoms with Crippen LogP contribution in [0.5, 0.6) is 0 Å². The Kier molecular flexibility index (Phi) is 5.91. The average molecular weight is 338 g/mol. The quantitative estimate of drug-likeness (QED) is 0.627. The second-order valence-electron chi connectivity index (χ2n) is 5.94. The Hall–Kier alpha value is -1.81. The SMILES string of the molecule is OCc1ccccc1CCC(O)CSc1ccc2ccccc2c1. The van der Waals surface area contributed by atoms with E-state index >= 15 is 0 Å². The maximum absolute atomic E-state index is 10.3. The van der Waals surface area contributed by atoms with E-state index in [-0.39, 0.29) is 12.7 Å². The Morgan fingerprint density at radius 1 is 0.833 bits per heavy atom. The van der Waals surface area contributed by atoms with Gasteiger partial charge in [-0.3, -0.25) is 0 Å². The zero-order valence-electron chi connectivity index (χ0n) is 13.6. The second-order valence-corrected chi connectivity index (χ2v) is 7.03. The summed E-state index contributed by atoms with van der Waals surface area (Å²) in [6.45, 7) is 0.0537. The number of hydrogen-bond acceptors (Lipinski definition) is 3. The minimum atomic E-state index is -0.354. The minimum Gasteiger partial charge on any atom is -0.392 e. The fourth-order valence-electron chi connectivity index (χ4n) is 2.81. The second kappa shape index (κ2) is 8.34. The summed E-state index contributed by atoms with van der Waals surface area (Å²) in [4.78, 5) is 1.18. The van der Waals surface area contributed by atoms with Crippen LogP contribution in [0.2, 0.25) is 0 Å². The van der Waals surface area contributed by atoms with Crippen molar-refractivity contribution in [3.05, 3.63) is 77.9 Å². The number of aliphatic hydroxyl groups is 2. The van der Waals surface area contributed by atoms with Gasteiger partial charge in [-0.2, -0.15) is 0 Å². The molecule has 0 bridgehead atoms. The van der Waals surface area contributed by atoms with Gasteiger partial charge in [-0.15, -0.1) is 11.8 Å². The van der Waals surface area contributed by atoms with Gasteiger partial charge in [-0.05, 0) is 46.9 Å². The maximum atomic E-state index is 10.3. The fourth-order valence-corrected chi connectivity index (χ4v) is 3.74. The van der Waals surface area contributed by atoms with E-state index in [0.29, 0.717) is 12.2 Å². The van der Waals surface area contributed by atoms with Crippen molar-refractivity contribution in [2.75, 3.05) is 5.75 Å². The van der Waals surface area contributed by atoms with Crippen LogP contribution < -0.4 is 0 Å². The molecule has 0 saturated carbocycles. The summed E-state index contributed by atoms with van der Waals surface area (Å²) >= 11 is 1.69. The van der Waals surface area contributed by atoms with Gasteiger partial charge in [0.1, 0.15) is 0 Å². The molecule has 0 saturated heterocycles. The molecular formula is C21H22O2S. The molecular weight excluding hydrogens is 316 g/mol. The maximum Gasteiger partial charge on any atom is 0.0684 e. The van der Waals surface area contributed by atoms with Crippen molar-refractivity contribution in [3.8, 4) is 0 Å². The smallest absolute Gasteiger partial charge is 0.0684 e. The first-order chi connectivity index (χ1) is 11.8. The summed E-state index contributed by atoms with van der Waals surface area (Å²) in [6.07, 6.45) is 1.14. The summed E-state index contributed by atoms with van der Waals surface area (Å²) in [7, 11) is 0. The van der Waals surface area contributed by atoms with Crippen LogP contribution in [0, 0.1) is 0 Å². The zero-order chi connectivity index (χ0) is 16.8. The number of thioether (sulfide) groups is 1. The van der Waals surface area contributed by atoms with E-state index in [1.165, 1.54) is 15.7 Å². The fraction of sp³-hybridized carbons (Fsp3) is 0.238. The first kappa shape index (κ1) is 17.0. The van der Waals surface area contributed by atoms with Crippen molar-refractivity contribution >= 4 is 22.5 Å². The van der Waals surface area contributed by atoms with Crippen molar-refractivity contribution in [1.82, 2.24) is 0 Å². The van der Waals surface area contributed by atoms with Crippen LogP contribution in [0.4, 0.5) is 0 Å². The van der Waals surface area contributed by atoms with E-state index in [1.54, 1.807) is 11.8 Å². The molecule has 0 radical (unpaired) electrons. The van der Waals surface area contributed by atoms with Crippen molar-refractivity contribution in [2.24, 2.45) is 0 Å². The Bertz CT molecular complexity index is 800. The summed E-state index contributed by atoms with van der Waals surface area (Å²) < 4.78 is 0. The molecule has 2 N–H and O–H groups in total. The third kappa shape index (κ3) is 4.38. The van der Waals surface area contributed by atoms with Gasteiger partial charge in [0.15, 0.2) is 0 Å². The first-order valence-electron chi connectivity index (χ1n) is 8.23. The molecule has 0 amide bonds. The van der Waals surface area contributed by atoms with E-state index in [9.17, 15) is 10.2 Å². The van der Waals surface area contributed by atoms with Gasteiger partial charge in [0.05, 0.1) is 12.7 Å². The highest BCUT2D eigenvalue weighted by molar-refractivity contribution is 7.99. The van der Waals surface area contributed by atoms with E-state index in [4.69, 9.17) is 0 Å². The minimum absolute atomic E-state index is 0.0537. The molecule has 0 aliphatic carbocycles. The van der Waals surface area contributed by atoms with Crippen LogP contribution in [-0.4, -0.2) is 22.1 Å². The van der Waals surface area contributed by atoms with Gasteiger partial charge in [-0.1, -0.05) is 54.6 Å². The number of hydrogen-bond donors (Lipinski definition) is 2. The Morgan fingerprint density at radius 2 is 1.54 bits per heavy atom. The normalized spacial score (nSPS) is 12.4. The Morgan fingerprint density at radius 3 is 2.33 bits per heavy atom. The van der Waals surface area contributed by atoms with Crippen LogP contribution >= 0.6 is 11.8 Å². The predicted molar refractivity (Wildman–Crippen MR) is 101 cm³/mol. The average Bonchev–Trinajstić information content (AvgIpc) is 2.64. The summed E-state index contributed by atoms with van der Waals surface area (Å²) in [5.74, 6) is 0.680. The molecule has 0 aliphatic heterocycles. The molecule has 0 aromatic heterocycles. The van der Waals surface area contributed by atoms with E-state index in [0.717, 1.165) is 17.5 Å². The van der Waals surface area contributed by atoms with Crippen molar-refractivity contribution < 1.29 is 10.2 Å². The third-order valence-electron chi connectivity index (χ3n) is 4.20. The number of aliphatic hydroxyl groups excluding tert-OH is 2. The van der Waals surface area contributed by atoms with Gasteiger partial charge in [0.25, 0.3) is 0 Å². The van der Waals surface area contributed by atoms with Crippen molar-refractivity contribution in [1.29, 1.82) is 0 Å². The molecule has 3 aromatic rings. The third-order valence-corrected chi connectivity index (χ3v) is 5.34. The van der Waals surface area contributed by atoms with Gasteiger partial charge in [0, 0.05) is 10.6 Å². The van der Waals surface area contributed by atoms with Gasteiger partial charge in [-0.25, -0.2) is 0 Å². The topological polar surface area (TPSA) is 40.5 Å². The molecule has 2 nitrogen and oxygen atoms in total. The van der Waals surface area contributed by atoms with E-state index in [1.807, 2.05) is 36.4 Å².